The lowest BCUT2D eigenvalue weighted by molar-refractivity contribution is 0.113. The second-order valence-electron chi connectivity index (χ2n) is 7.96. The summed E-state index contributed by atoms with van der Waals surface area (Å²) in [6.07, 6.45) is 2.32. The molecule has 1 saturated heterocycles. The summed E-state index contributed by atoms with van der Waals surface area (Å²) in [6.45, 7) is 3.55. The number of nitrogens with one attached hydrogen (secondary N) is 2. The van der Waals surface area contributed by atoms with Gasteiger partial charge in [-0.05, 0) is 48.6 Å². The summed E-state index contributed by atoms with van der Waals surface area (Å²) in [5.41, 5.74) is 1.24. The Bertz CT molecular complexity index is 1160. The number of nitrogens with zero attached hydrogens (tertiary/aromatic N) is 1. The van der Waals surface area contributed by atoms with Crippen molar-refractivity contribution in [3.8, 4) is 11.5 Å². The molecule has 1 unspecified atom stereocenters. The van der Waals surface area contributed by atoms with E-state index in [1.165, 1.54) is 4.88 Å². The van der Waals surface area contributed by atoms with Crippen molar-refractivity contribution in [2.24, 2.45) is 0 Å². The molecule has 0 aliphatic carbocycles. The van der Waals surface area contributed by atoms with E-state index in [0.717, 1.165) is 30.4 Å². The highest BCUT2D eigenvalue weighted by atomic mass is 32.1. The van der Waals surface area contributed by atoms with Gasteiger partial charge in [0.15, 0.2) is 16.6 Å². The van der Waals surface area contributed by atoms with Crippen LogP contribution in [0.5, 0.6) is 11.5 Å². The van der Waals surface area contributed by atoms with E-state index in [-0.39, 0.29) is 11.7 Å². The molecular formula is C23H25N3O4S2. The van der Waals surface area contributed by atoms with Gasteiger partial charge in [-0.1, -0.05) is 6.07 Å². The molecule has 2 aliphatic rings. The number of ether oxygens (including phenoxy) is 3. The predicted molar refractivity (Wildman–Crippen MR) is 129 cm³/mol. The maximum Gasteiger partial charge on any atom is 0.253 e. The molecule has 0 saturated carbocycles. The van der Waals surface area contributed by atoms with Crippen molar-refractivity contribution in [1.82, 2.24) is 15.2 Å². The monoisotopic (exact) mass is 471 g/mol. The second kappa shape index (κ2) is 9.48. The van der Waals surface area contributed by atoms with Crippen LogP contribution < -0.4 is 20.3 Å². The van der Waals surface area contributed by atoms with Crippen molar-refractivity contribution < 1.29 is 14.2 Å². The normalized spacial score (nSPS) is 17.4. The molecule has 1 fully saturated rings. The van der Waals surface area contributed by atoms with Gasteiger partial charge in [0.2, 0.25) is 0 Å². The predicted octanol–water partition coefficient (Wildman–Crippen LogP) is 3.42. The van der Waals surface area contributed by atoms with Crippen LogP contribution in [-0.4, -0.2) is 47.5 Å². The number of benzene rings is 1. The van der Waals surface area contributed by atoms with Gasteiger partial charge in [-0.2, -0.15) is 0 Å². The van der Waals surface area contributed by atoms with E-state index in [2.05, 4.69) is 16.4 Å². The smallest absolute Gasteiger partial charge is 0.253 e. The molecule has 168 valence electrons. The average Bonchev–Trinajstić information content (AvgIpc) is 3.50. The summed E-state index contributed by atoms with van der Waals surface area (Å²) in [4.78, 5) is 19.1. The van der Waals surface area contributed by atoms with Crippen LogP contribution >= 0.6 is 23.6 Å². The van der Waals surface area contributed by atoms with Crippen LogP contribution in [-0.2, 0) is 17.8 Å². The summed E-state index contributed by atoms with van der Waals surface area (Å²) in [7, 11) is 0. The largest absolute Gasteiger partial charge is 0.486 e. The first-order chi connectivity index (χ1) is 15.7. The van der Waals surface area contributed by atoms with E-state index in [0.29, 0.717) is 55.0 Å². The Kier molecular flexibility index (Phi) is 6.29. The van der Waals surface area contributed by atoms with Crippen LogP contribution in [0.2, 0.25) is 0 Å². The highest BCUT2D eigenvalue weighted by Gasteiger charge is 2.19. The minimum atomic E-state index is -0.132. The SMILES string of the molecule is O=c1[nH]c2cc3c(cc2cc1CN(Cc1cccs1)C(=S)NCC1CCCO1)OCCO3. The van der Waals surface area contributed by atoms with E-state index in [9.17, 15) is 4.79 Å². The number of rotatable bonds is 6. The molecule has 2 aromatic heterocycles. The third-order valence-corrected chi connectivity index (χ3v) is 6.93. The Balaban J connectivity index is 1.39. The van der Waals surface area contributed by atoms with Gasteiger partial charge >= 0.3 is 0 Å². The number of aromatic nitrogens is 1. The molecule has 2 aliphatic heterocycles. The van der Waals surface area contributed by atoms with Gasteiger partial charge in [-0.25, -0.2) is 0 Å². The maximum atomic E-state index is 12.9. The number of H-pyrrole nitrogens is 1. The standard InChI is InChI=1S/C23H25N3O4S2/c27-22-16(9-15-10-20-21(11-19(15)25-22)30-7-6-29-20)13-26(14-18-4-2-8-32-18)23(31)24-12-17-3-1-5-28-17/h2,4,8-11,17H,1,3,5-7,12-14H2,(H,24,31)(H,25,27). The highest BCUT2D eigenvalue weighted by molar-refractivity contribution is 7.80. The van der Waals surface area contributed by atoms with Gasteiger partial charge in [0.05, 0.1) is 24.7 Å². The van der Waals surface area contributed by atoms with Gasteiger partial charge in [0, 0.05) is 35.0 Å². The Morgan fingerprint density at radius 2 is 2.03 bits per heavy atom. The lowest BCUT2D eigenvalue weighted by Gasteiger charge is -2.26. The zero-order valence-corrected chi connectivity index (χ0v) is 19.2. The van der Waals surface area contributed by atoms with Crippen LogP contribution in [0.4, 0.5) is 0 Å². The summed E-state index contributed by atoms with van der Waals surface area (Å²) >= 11 is 7.39. The van der Waals surface area contributed by atoms with E-state index in [1.54, 1.807) is 11.3 Å². The molecule has 5 rings (SSSR count). The summed E-state index contributed by atoms with van der Waals surface area (Å²) in [5, 5.41) is 6.91. The minimum Gasteiger partial charge on any atom is -0.486 e. The van der Waals surface area contributed by atoms with E-state index in [1.807, 2.05) is 34.5 Å². The van der Waals surface area contributed by atoms with Crippen LogP contribution in [0.25, 0.3) is 10.9 Å². The molecule has 3 aromatic rings. The van der Waals surface area contributed by atoms with Crippen LogP contribution in [0.15, 0.2) is 40.5 Å². The van der Waals surface area contributed by atoms with Crippen molar-refractivity contribution in [2.75, 3.05) is 26.4 Å². The number of thiocarbonyl (C=S) groups is 1. The lowest BCUT2D eigenvalue weighted by Crippen LogP contribution is -2.42. The molecule has 2 N–H and O–H groups in total. The molecule has 0 radical (unpaired) electrons. The molecule has 4 heterocycles. The molecule has 9 heteroatoms. The second-order valence-corrected chi connectivity index (χ2v) is 9.38. The third kappa shape index (κ3) is 4.74. The fourth-order valence-electron chi connectivity index (χ4n) is 4.02. The Morgan fingerprint density at radius 1 is 1.19 bits per heavy atom. The fraction of sp³-hybridized carbons (Fsp3) is 0.391. The molecule has 7 nitrogen and oxygen atoms in total. The minimum absolute atomic E-state index is 0.132. The van der Waals surface area contributed by atoms with Gasteiger partial charge in [-0.3, -0.25) is 4.79 Å². The molecule has 0 amide bonds. The van der Waals surface area contributed by atoms with E-state index < -0.39 is 0 Å². The first kappa shape index (κ1) is 21.2. The first-order valence-electron chi connectivity index (χ1n) is 10.8. The van der Waals surface area contributed by atoms with E-state index >= 15 is 0 Å². The van der Waals surface area contributed by atoms with Crippen molar-refractivity contribution in [2.45, 2.75) is 32.0 Å². The Hall–Kier alpha value is -2.62. The van der Waals surface area contributed by atoms with Crippen LogP contribution in [0, 0.1) is 0 Å². The quantitative estimate of drug-likeness (QED) is 0.534. The van der Waals surface area contributed by atoms with Crippen LogP contribution in [0.1, 0.15) is 23.3 Å². The summed E-state index contributed by atoms with van der Waals surface area (Å²) in [5.74, 6) is 1.36. The van der Waals surface area contributed by atoms with Crippen molar-refractivity contribution in [3.63, 3.8) is 0 Å². The molecule has 32 heavy (non-hydrogen) atoms. The maximum absolute atomic E-state index is 12.9. The topological polar surface area (TPSA) is 75.8 Å². The number of aromatic amines is 1. The fourth-order valence-corrected chi connectivity index (χ4v) is 4.95. The number of hydrogen-bond acceptors (Lipinski definition) is 6. The molecule has 1 atom stereocenters. The first-order valence-corrected chi connectivity index (χ1v) is 12.1. The van der Waals surface area contributed by atoms with Gasteiger partial charge in [0.25, 0.3) is 5.56 Å². The van der Waals surface area contributed by atoms with Crippen molar-refractivity contribution in [1.29, 1.82) is 0 Å². The number of pyridine rings is 1. The number of fused-ring (bicyclic) bond motifs is 2. The zero-order chi connectivity index (χ0) is 21.9. The van der Waals surface area contributed by atoms with Gasteiger partial charge < -0.3 is 29.4 Å². The average molecular weight is 472 g/mol. The van der Waals surface area contributed by atoms with Crippen LogP contribution in [0.3, 0.4) is 0 Å². The van der Waals surface area contributed by atoms with Crippen molar-refractivity contribution in [3.05, 3.63) is 56.5 Å². The zero-order valence-electron chi connectivity index (χ0n) is 17.6. The molecule has 0 spiro atoms. The number of hydrogen-bond donors (Lipinski definition) is 2. The third-order valence-electron chi connectivity index (χ3n) is 5.66. The molecular weight excluding hydrogens is 446 g/mol. The van der Waals surface area contributed by atoms with Gasteiger partial charge in [-0.15, -0.1) is 11.3 Å². The number of thiophene rings is 1. The van der Waals surface area contributed by atoms with Gasteiger partial charge in [0.1, 0.15) is 13.2 Å². The highest BCUT2D eigenvalue weighted by Crippen LogP contribution is 2.33. The lowest BCUT2D eigenvalue weighted by atomic mass is 10.1. The molecule has 1 aromatic carbocycles. The molecule has 0 bridgehead atoms. The summed E-state index contributed by atoms with van der Waals surface area (Å²) in [6, 6.07) is 9.76. The Morgan fingerprint density at radius 3 is 2.78 bits per heavy atom. The Labute approximate surface area is 195 Å². The van der Waals surface area contributed by atoms with Crippen molar-refractivity contribution >= 4 is 39.6 Å². The summed E-state index contributed by atoms with van der Waals surface area (Å²) < 4.78 is 17.0. The van der Waals surface area contributed by atoms with E-state index in [4.69, 9.17) is 26.4 Å².